The zero-order valence-corrected chi connectivity index (χ0v) is 17.6. The second kappa shape index (κ2) is 9.35. The molecule has 0 bridgehead atoms. The maximum atomic E-state index is 13.1. The van der Waals surface area contributed by atoms with Gasteiger partial charge in [-0.15, -0.1) is 0 Å². The van der Waals surface area contributed by atoms with Crippen molar-refractivity contribution in [3.63, 3.8) is 0 Å². The minimum absolute atomic E-state index is 0.155. The summed E-state index contributed by atoms with van der Waals surface area (Å²) in [7, 11) is 0. The van der Waals surface area contributed by atoms with Gasteiger partial charge in [-0.25, -0.2) is 4.79 Å². The minimum atomic E-state index is -4.75. The molecule has 0 atom stereocenters. The molecule has 1 heterocycles. The quantitative estimate of drug-likeness (QED) is 0.484. The first-order valence-corrected chi connectivity index (χ1v) is 10.4. The molecule has 0 radical (unpaired) electrons. The van der Waals surface area contributed by atoms with Crippen molar-refractivity contribution in [1.29, 1.82) is 0 Å². The number of benzene rings is 1. The fourth-order valence-corrected chi connectivity index (χ4v) is 4.01. The van der Waals surface area contributed by atoms with Crippen molar-refractivity contribution in [2.45, 2.75) is 50.2 Å². The van der Waals surface area contributed by atoms with Gasteiger partial charge in [0.1, 0.15) is 5.54 Å². The Morgan fingerprint density at radius 1 is 1.19 bits per heavy atom. The van der Waals surface area contributed by atoms with E-state index in [1.165, 1.54) is 6.07 Å². The molecule has 174 valence electrons. The average Bonchev–Trinajstić information content (AvgIpc) is 2.95. The lowest BCUT2D eigenvalue weighted by molar-refractivity contribution is -0.148. The van der Waals surface area contributed by atoms with Gasteiger partial charge >= 0.3 is 18.2 Å². The predicted octanol–water partition coefficient (Wildman–Crippen LogP) is 3.49. The minimum Gasteiger partial charge on any atom is -0.456 e. The Hall–Kier alpha value is -2.82. The number of urea groups is 1. The number of nitrogens with one attached hydrogen (secondary N) is 2. The molecule has 4 amide bonds. The molecule has 1 spiro atoms. The zero-order chi connectivity index (χ0) is 23.5. The molecular formula is C20H21ClF3N3O5. The number of imide groups is 1. The summed E-state index contributed by atoms with van der Waals surface area (Å²) in [5, 5.41) is 4.58. The Bertz CT molecular complexity index is 932. The zero-order valence-electron chi connectivity index (χ0n) is 16.9. The van der Waals surface area contributed by atoms with Crippen LogP contribution in [0.3, 0.4) is 0 Å². The first kappa shape index (κ1) is 23.8. The number of nitrogens with zero attached hydrogens (tertiary/aromatic N) is 1. The summed E-state index contributed by atoms with van der Waals surface area (Å²) in [6, 6.07) is 2.25. The molecule has 1 aromatic carbocycles. The Labute approximate surface area is 186 Å². The third-order valence-electron chi connectivity index (χ3n) is 5.42. The number of rotatable bonds is 6. The number of hydrogen-bond donors (Lipinski definition) is 2. The molecule has 3 rings (SSSR count). The Balaban J connectivity index is 1.49. The number of anilines is 1. The van der Waals surface area contributed by atoms with Crippen LogP contribution in [0.2, 0.25) is 5.02 Å². The van der Waals surface area contributed by atoms with Crippen LogP contribution in [0, 0.1) is 0 Å². The normalized spacial score (nSPS) is 17.9. The maximum Gasteiger partial charge on any atom is 0.418 e. The predicted molar refractivity (Wildman–Crippen MR) is 107 cm³/mol. The van der Waals surface area contributed by atoms with Crippen LogP contribution in [0.25, 0.3) is 0 Å². The fraction of sp³-hybridized carbons (Fsp3) is 0.500. The number of carbonyl (C=O) groups excluding carboxylic acids is 4. The lowest BCUT2D eigenvalue weighted by Gasteiger charge is -2.30. The summed E-state index contributed by atoms with van der Waals surface area (Å²) in [6.45, 7) is -1.05. The van der Waals surface area contributed by atoms with E-state index in [2.05, 4.69) is 5.32 Å². The van der Waals surface area contributed by atoms with Crippen LogP contribution in [0.15, 0.2) is 18.2 Å². The third kappa shape index (κ3) is 5.32. The van der Waals surface area contributed by atoms with E-state index >= 15 is 0 Å². The van der Waals surface area contributed by atoms with Gasteiger partial charge in [0.15, 0.2) is 6.61 Å². The van der Waals surface area contributed by atoms with Crippen LogP contribution >= 0.6 is 11.6 Å². The van der Waals surface area contributed by atoms with Gasteiger partial charge in [-0.1, -0.05) is 30.9 Å². The van der Waals surface area contributed by atoms with E-state index in [4.69, 9.17) is 16.3 Å². The largest absolute Gasteiger partial charge is 0.456 e. The number of esters is 1. The summed E-state index contributed by atoms with van der Waals surface area (Å²) < 4.78 is 44.0. The highest BCUT2D eigenvalue weighted by Gasteiger charge is 2.51. The van der Waals surface area contributed by atoms with Gasteiger partial charge in [0.05, 0.1) is 17.7 Å². The topological polar surface area (TPSA) is 105 Å². The summed E-state index contributed by atoms with van der Waals surface area (Å²) in [6.07, 6.45) is -1.38. The van der Waals surface area contributed by atoms with Crippen molar-refractivity contribution in [3.05, 3.63) is 28.8 Å². The van der Waals surface area contributed by atoms with E-state index in [9.17, 15) is 32.3 Å². The van der Waals surface area contributed by atoms with E-state index < -0.39 is 47.5 Å². The summed E-state index contributed by atoms with van der Waals surface area (Å²) in [5.74, 6) is -2.24. The number of amides is 4. The molecule has 1 aromatic rings. The summed E-state index contributed by atoms with van der Waals surface area (Å²) in [4.78, 5) is 49.6. The second-order valence-electron chi connectivity index (χ2n) is 7.68. The van der Waals surface area contributed by atoms with Gasteiger partial charge in [0.2, 0.25) is 0 Å². The first-order valence-electron chi connectivity index (χ1n) is 9.98. The van der Waals surface area contributed by atoms with Gasteiger partial charge in [0, 0.05) is 11.6 Å². The van der Waals surface area contributed by atoms with Gasteiger partial charge in [-0.05, 0) is 31.0 Å². The Kier molecular flexibility index (Phi) is 6.97. The number of ether oxygens (including phenoxy) is 1. The number of alkyl halides is 3. The van der Waals surface area contributed by atoms with E-state index in [0.29, 0.717) is 18.9 Å². The van der Waals surface area contributed by atoms with E-state index in [1.807, 2.05) is 5.32 Å². The Morgan fingerprint density at radius 2 is 1.88 bits per heavy atom. The smallest absolute Gasteiger partial charge is 0.418 e. The molecule has 1 saturated carbocycles. The van der Waals surface area contributed by atoms with Crippen LogP contribution in [0.4, 0.5) is 23.7 Å². The lowest BCUT2D eigenvalue weighted by atomic mass is 9.82. The van der Waals surface area contributed by atoms with Crippen molar-refractivity contribution in [2.24, 2.45) is 0 Å². The van der Waals surface area contributed by atoms with Gasteiger partial charge in [-0.3, -0.25) is 19.3 Å². The second-order valence-corrected chi connectivity index (χ2v) is 8.11. The summed E-state index contributed by atoms with van der Waals surface area (Å²) in [5.41, 5.74) is -2.58. The van der Waals surface area contributed by atoms with Crippen LogP contribution < -0.4 is 10.6 Å². The van der Waals surface area contributed by atoms with E-state index in [1.54, 1.807) is 0 Å². The number of halogens is 4. The molecule has 1 aliphatic carbocycles. The molecular weight excluding hydrogens is 455 g/mol. The van der Waals surface area contributed by atoms with Crippen molar-refractivity contribution in [1.82, 2.24) is 10.2 Å². The molecule has 32 heavy (non-hydrogen) atoms. The molecule has 2 N–H and O–H groups in total. The van der Waals surface area contributed by atoms with Crippen molar-refractivity contribution >= 4 is 41.1 Å². The molecule has 1 aliphatic heterocycles. The Morgan fingerprint density at radius 3 is 2.53 bits per heavy atom. The van der Waals surface area contributed by atoms with Crippen LogP contribution in [-0.2, 0) is 25.3 Å². The van der Waals surface area contributed by atoms with E-state index in [-0.39, 0.29) is 23.9 Å². The lowest BCUT2D eigenvalue weighted by Crippen LogP contribution is -2.48. The van der Waals surface area contributed by atoms with Crippen LogP contribution in [0.1, 0.15) is 44.1 Å². The average molecular weight is 476 g/mol. The maximum absolute atomic E-state index is 13.1. The molecule has 0 aromatic heterocycles. The highest BCUT2D eigenvalue weighted by atomic mass is 35.5. The highest BCUT2D eigenvalue weighted by Crippen LogP contribution is 2.36. The number of hydrogen-bond acceptors (Lipinski definition) is 5. The van der Waals surface area contributed by atoms with Crippen LogP contribution in [-0.4, -0.2) is 47.4 Å². The number of carbonyl (C=O) groups is 4. The van der Waals surface area contributed by atoms with Gasteiger partial charge in [0.25, 0.3) is 11.8 Å². The SMILES string of the molecule is O=C(COC(=O)CCN1C(=O)NC2(CCCCC2)C1=O)Nc1ccc(Cl)cc1C(F)(F)F. The highest BCUT2D eigenvalue weighted by molar-refractivity contribution is 6.30. The molecule has 2 aliphatic rings. The van der Waals surface area contributed by atoms with Gasteiger partial charge < -0.3 is 15.4 Å². The third-order valence-corrected chi connectivity index (χ3v) is 5.65. The molecule has 2 fully saturated rings. The van der Waals surface area contributed by atoms with Crippen molar-refractivity contribution < 1.29 is 37.1 Å². The van der Waals surface area contributed by atoms with Gasteiger partial charge in [-0.2, -0.15) is 13.2 Å². The molecule has 1 saturated heterocycles. The summed E-state index contributed by atoms with van der Waals surface area (Å²) >= 11 is 5.58. The standard InChI is InChI=1S/C20H21ClF3N3O5/c21-12-4-5-14(13(10-12)20(22,23)24)25-15(28)11-32-16(29)6-9-27-17(30)19(26-18(27)31)7-2-1-3-8-19/h4-5,10H,1-3,6-9,11H2,(H,25,28)(H,26,31). The van der Waals surface area contributed by atoms with Crippen LogP contribution in [0.5, 0.6) is 0 Å². The van der Waals surface area contributed by atoms with Crippen molar-refractivity contribution in [2.75, 3.05) is 18.5 Å². The van der Waals surface area contributed by atoms with E-state index in [0.717, 1.165) is 30.2 Å². The molecule has 12 heteroatoms. The van der Waals surface area contributed by atoms with Crippen molar-refractivity contribution in [3.8, 4) is 0 Å². The first-order chi connectivity index (χ1) is 15.0. The molecule has 0 unspecified atom stereocenters. The monoisotopic (exact) mass is 475 g/mol. The molecule has 8 nitrogen and oxygen atoms in total. The fourth-order valence-electron chi connectivity index (χ4n) is 3.84.